The van der Waals surface area contributed by atoms with Crippen LogP contribution >= 0.6 is 0 Å². The maximum atomic E-state index is 12.2. The Kier molecular flexibility index (Phi) is 6.02. The van der Waals surface area contributed by atoms with E-state index in [1.54, 1.807) is 6.07 Å². The molecule has 1 saturated heterocycles. The topological polar surface area (TPSA) is 94.9 Å². The van der Waals surface area contributed by atoms with Gasteiger partial charge in [0.1, 0.15) is 0 Å². The van der Waals surface area contributed by atoms with Crippen molar-refractivity contribution in [1.82, 2.24) is 20.7 Å². The van der Waals surface area contributed by atoms with E-state index in [0.717, 1.165) is 19.3 Å². The molecule has 0 bridgehead atoms. The Morgan fingerprint density at radius 1 is 1.22 bits per heavy atom. The number of hydrazine groups is 1. The van der Waals surface area contributed by atoms with Gasteiger partial charge < -0.3 is 15.1 Å². The lowest BCUT2D eigenvalue weighted by Gasteiger charge is -2.28. The van der Waals surface area contributed by atoms with Gasteiger partial charge in [-0.25, -0.2) is 14.8 Å². The summed E-state index contributed by atoms with van der Waals surface area (Å²) in [6.07, 6.45) is 3.99. The first-order chi connectivity index (χ1) is 11.1. The normalized spacial score (nSPS) is 14.0. The van der Waals surface area contributed by atoms with Crippen molar-refractivity contribution in [2.75, 3.05) is 26.2 Å². The summed E-state index contributed by atoms with van der Waals surface area (Å²) in [4.78, 5) is 36.0. The molecule has 0 saturated carbocycles. The van der Waals surface area contributed by atoms with Gasteiger partial charge >= 0.3 is 6.03 Å². The third-order valence-electron chi connectivity index (χ3n) is 3.51. The number of hydrogen-bond donors (Lipinski definition) is 2. The average Bonchev–Trinajstić information content (AvgIpc) is 3.23. The van der Waals surface area contributed by atoms with Crippen molar-refractivity contribution in [1.29, 1.82) is 0 Å². The van der Waals surface area contributed by atoms with Gasteiger partial charge in [0, 0.05) is 19.6 Å². The van der Waals surface area contributed by atoms with Gasteiger partial charge in [-0.1, -0.05) is 13.3 Å². The molecule has 0 spiro atoms. The Balaban J connectivity index is 1.82. The van der Waals surface area contributed by atoms with Crippen LogP contribution in [0.15, 0.2) is 22.8 Å². The van der Waals surface area contributed by atoms with Crippen LogP contribution in [0.1, 0.15) is 36.7 Å². The highest BCUT2D eigenvalue weighted by Crippen LogP contribution is 2.11. The molecule has 4 amide bonds. The number of rotatable bonds is 6. The van der Waals surface area contributed by atoms with Crippen molar-refractivity contribution in [3.8, 4) is 0 Å². The van der Waals surface area contributed by atoms with Gasteiger partial charge in [0.15, 0.2) is 5.76 Å². The largest absolute Gasteiger partial charge is 0.459 e. The Bertz CT molecular complexity index is 544. The molecular weight excluding hydrogens is 300 g/mol. The SMILES string of the molecule is CCCCNC(=O)N1CCCN1C(=O)CNC(=O)c1ccco1. The highest BCUT2D eigenvalue weighted by atomic mass is 16.3. The van der Waals surface area contributed by atoms with Crippen LogP contribution in [0.5, 0.6) is 0 Å². The average molecular weight is 322 g/mol. The van der Waals surface area contributed by atoms with Crippen LogP contribution in [0.4, 0.5) is 4.79 Å². The summed E-state index contributed by atoms with van der Waals surface area (Å²) in [5.74, 6) is -0.636. The van der Waals surface area contributed by atoms with E-state index in [4.69, 9.17) is 4.42 Å². The second kappa shape index (κ2) is 8.21. The zero-order chi connectivity index (χ0) is 16.7. The highest BCUT2D eigenvalue weighted by Gasteiger charge is 2.30. The molecule has 0 aliphatic carbocycles. The first kappa shape index (κ1) is 16.9. The van der Waals surface area contributed by atoms with Crippen LogP contribution in [0, 0.1) is 0 Å². The number of carbonyl (C=O) groups excluding carboxylic acids is 3. The number of urea groups is 1. The number of carbonyl (C=O) groups is 3. The maximum Gasteiger partial charge on any atom is 0.336 e. The quantitative estimate of drug-likeness (QED) is 0.763. The van der Waals surface area contributed by atoms with E-state index in [-0.39, 0.29) is 24.2 Å². The smallest absolute Gasteiger partial charge is 0.336 e. The number of hydrogen-bond acceptors (Lipinski definition) is 4. The van der Waals surface area contributed by atoms with Gasteiger partial charge in [0.05, 0.1) is 12.8 Å². The second-order valence-corrected chi connectivity index (χ2v) is 5.24. The number of nitrogens with zero attached hydrogens (tertiary/aromatic N) is 2. The second-order valence-electron chi connectivity index (χ2n) is 5.24. The summed E-state index contributed by atoms with van der Waals surface area (Å²) in [7, 11) is 0. The molecular formula is C15H22N4O4. The van der Waals surface area contributed by atoms with Crippen LogP contribution in [-0.2, 0) is 4.79 Å². The van der Waals surface area contributed by atoms with E-state index >= 15 is 0 Å². The van der Waals surface area contributed by atoms with Crippen LogP contribution < -0.4 is 10.6 Å². The van der Waals surface area contributed by atoms with E-state index in [9.17, 15) is 14.4 Å². The third-order valence-corrected chi connectivity index (χ3v) is 3.51. The summed E-state index contributed by atoms with van der Waals surface area (Å²) >= 11 is 0. The Hall–Kier alpha value is -2.51. The van der Waals surface area contributed by atoms with Crippen molar-refractivity contribution in [3.63, 3.8) is 0 Å². The summed E-state index contributed by atoms with van der Waals surface area (Å²) in [6.45, 7) is 3.41. The van der Waals surface area contributed by atoms with Gasteiger partial charge in [0.2, 0.25) is 0 Å². The van der Waals surface area contributed by atoms with E-state index < -0.39 is 5.91 Å². The molecule has 0 unspecified atom stereocenters. The molecule has 0 atom stereocenters. The van der Waals surface area contributed by atoms with E-state index in [2.05, 4.69) is 10.6 Å². The van der Waals surface area contributed by atoms with Crippen molar-refractivity contribution in [2.24, 2.45) is 0 Å². The fraction of sp³-hybridized carbons (Fsp3) is 0.533. The summed E-state index contributed by atoms with van der Waals surface area (Å²) in [5, 5.41) is 8.06. The summed E-state index contributed by atoms with van der Waals surface area (Å²) < 4.78 is 4.96. The van der Waals surface area contributed by atoms with Crippen LogP contribution in [0.3, 0.4) is 0 Å². The number of furan rings is 1. The van der Waals surface area contributed by atoms with Crippen LogP contribution in [-0.4, -0.2) is 54.0 Å². The number of nitrogens with one attached hydrogen (secondary N) is 2. The predicted molar refractivity (Wildman–Crippen MR) is 82.4 cm³/mol. The summed E-state index contributed by atoms with van der Waals surface area (Å²) in [5.41, 5.74) is 0. The van der Waals surface area contributed by atoms with Crippen molar-refractivity contribution < 1.29 is 18.8 Å². The van der Waals surface area contributed by atoms with E-state index in [1.807, 2.05) is 6.92 Å². The molecule has 8 heteroatoms. The zero-order valence-electron chi connectivity index (χ0n) is 13.2. The molecule has 1 aliphatic heterocycles. The van der Waals surface area contributed by atoms with E-state index in [0.29, 0.717) is 19.6 Å². The molecule has 2 heterocycles. The molecule has 2 rings (SSSR count). The van der Waals surface area contributed by atoms with Gasteiger partial charge in [-0.15, -0.1) is 0 Å². The first-order valence-electron chi connectivity index (χ1n) is 7.80. The van der Waals surface area contributed by atoms with Gasteiger partial charge in [-0.3, -0.25) is 9.59 Å². The fourth-order valence-electron chi connectivity index (χ4n) is 2.29. The molecule has 1 fully saturated rings. The van der Waals surface area contributed by atoms with Crippen molar-refractivity contribution in [2.45, 2.75) is 26.2 Å². The predicted octanol–water partition coefficient (Wildman–Crippen LogP) is 0.968. The van der Waals surface area contributed by atoms with Crippen LogP contribution in [0.25, 0.3) is 0 Å². The lowest BCUT2D eigenvalue weighted by atomic mass is 10.3. The third kappa shape index (κ3) is 4.48. The molecule has 2 N–H and O–H groups in total. The van der Waals surface area contributed by atoms with Gasteiger partial charge in [-0.05, 0) is 25.0 Å². The minimum atomic E-state index is -0.457. The molecule has 23 heavy (non-hydrogen) atoms. The Morgan fingerprint density at radius 3 is 2.70 bits per heavy atom. The fourth-order valence-corrected chi connectivity index (χ4v) is 2.29. The Morgan fingerprint density at radius 2 is 2.00 bits per heavy atom. The van der Waals surface area contributed by atoms with Crippen LogP contribution in [0.2, 0.25) is 0 Å². The lowest BCUT2D eigenvalue weighted by Crippen LogP contribution is -2.51. The molecule has 8 nitrogen and oxygen atoms in total. The summed E-state index contributed by atoms with van der Waals surface area (Å²) in [6, 6.07) is 2.84. The standard InChI is InChI=1S/C15H22N4O4/c1-2-3-7-16-15(22)19-9-5-8-18(19)13(20)11-17-14(21)12-6-4-10-23-12/h4,6,10H,2-3,5,7-9,11H2,1H3,(H,16,22)(H,17,21). The van der Waals surface area contributed by atoms with Gasteiger partial charge in [0.25, 0.3) is 11.8 Å². The lowest BCUT2D eigenvalue weighted by molar-refractivity contribution is -0.138. The van der Waals surface area contributed by atoms with E-state index in [1.165, 1.54) is 22.3 Å². The molecule has 1 aromatic rings. The van der Waals surface area contributed by atoms with Crippen molar-refractivity contribution >= 4 is 17.8 Å². The number of amides is 4. The van der Waals surface area contributed by atoms with Gasteiger partial charge in [-0.2, -0.15) is 0 Å². The minimum absolute atomic E-state index is 0.147. The van der Waals surface area contributed by atoms with Crippen molar-refractivity contribution in [3.05, 3.63) is 24.2 Å². The molecule has 0 radical (unpaired) electrons. The molecule has 1 aromatic heterocycles. The minimum Gasteiger partial charge on any atom is -0.459 e. The first-order valence-corrected chi connectivity index (χ1v) is 7.80. The maximum absolute atomic E-state index is 12.2. The molecule has 0 aromatic carbocycles. The Labute approximate surface area is 134 Å². The molecule has 126 valence electrons. The monoisotopic (exact) mass is 322 g/mol. The molecule has 1 aliphatic rings. The number of unbranched alkanes of at least 4 members (excludes halogenated alkanes) is 1. The highest BCUT2D eigenvalue weighted by molar-refractivity contribution is 5.94. The zero-order valence-corrected chi connectivity index (χ0v) is 13.2.